The lowest BCUT2D eigenvalue weighted by atomic mass is 10.0. The number of carbonyl (C=O) groups is 1. The Morgan fingerprint density at radius 1 is 1.06 bits per heavy atom. The van der Waals surface area contributed by atoms with Crippen LogP contribution in [-0.4, -0.2) is 25.8 Å². The maximum atomic E-state index is 13.6. The monoisotopic (exact) mass is 503 g/mol. The molecule has 0 unspecified atom stereocenters. The first-order chi connectivity index (χ1) is 16.3. The van der Waals surface area contributed by atoms with Gasteiger partial charge in [-0.2, -0.15) is 26.3 Å². The van der Waals surface area contributed by atoms with Gasteiger partial charge in [-0.15, -0.1) is 11.0 Å². The fourth-order valence-electron chi connectivity index (χ4n) is 2.46. The van der Waals surface area contributed by atoms with Gasteiger partial charge in [-0.05, 0) is 38.1 Å². The van der Waals surface area contributed by atoms with Crippen LogP contribution >= 0.6 is 0 Å². The van der Waals surface area contributed by atoms with Gasteiger partial charge in [-0.3, -0.25) is 0 Å². The number of rotatable bonds is 5. The van der Waals surface area contributed by atoms with E-state index in [1.807, 2.05) is 13.8 Å². The fourth-order valence-corrected chi connectivity index (χ4v) is 2.46. The molecule has 0 aliphatic rings. The van der Waals surface area contributed by atoms with Crippen LogP contribution in [0.15, 0.2) is 53.7 Å². The molecule has 5 nitrogen and oxygen atoms in total. The third-order valence-electron chi connectivity index (χ3n) is 3.95. The molecule has 0 aliphatic heterocycles. The van der Waals surface area contributed by atoms with E-state index in [9.17, 15) is 40.6 Å². The predicted octanol–water partition coefficient (Wildman–Crippen LogP) is 6.76. The van der Waals surface area contributed by atoms with Crippen LogP contribution in [0, 0.1) is 11.8 Å². The molecule has 1 heterocycles. The largest absolute Gasteiger partial charge is 0.478 e. The van der Waals surface area contributed by atoms with Crippen molar-refractivity contribution in [2.75, 3.05) is 0 Å². The maximum Gasteiger partial charge on any atom is 0.416 e. The van der Waals surface area contributed by atoms with Crippen molar-refractivity contribution in [2.45, 2.75) is 40.0 Å². The standard InChI is InChI=1S/C21H14F7N3O2.C2H6/c1-3-5-12(8-16(22)4-2)17(19(32)33)10-31-11-29-18(30-31)13-6-14(20(23,24)25)9-15(7-13)21(26,27)28;1-2/h4,6-11H,1-2H3,(H,32,33);1-2H3/b12-8+,16-4+,17-10+;. The Morgan fingerprint density at radius 3 is 2.03 bits per heavy atom. The van der Waals surface area contributed by atoms with Gasteiger partial charge in [0.15, 0.2) is 5.82 Å². The van der Waals surface area contributed by atoms with Gasteiger partial charge in [-0.25, -0.2) is 18.9 Å². The highest BCUT2D eigenvalue weighted by molar-refractivity contribution is 5.97. The number of nitrogens with zero attached hydrogens (tertiary/aromatic N) is 3. The summed E-state index contributed by atoms with van der Waals surface area (Å²) in [5, 5.41) is 13.2. The summed E-state index contributed by atoms with van der Waals surface area (Å²) in [5.41, 5.74) is -4.51. The second-order valence-corrected chi connectivity index (χ2v) is 6.30. The molecule has 2 aromatic rings. The summed E-state index contributed by atoms with van der Waals surface area (Å²) in [7, 11) is 0. The summed E-state index contributed by atoms with van der Waals surface area (Å²) in [5.74, 6) is 1.97. The van der Waals surface area contributed by atoms with Crippen molar-refractivity contribution in [3.63, 3.8) is 0 Å². The topological polar surface area (TPSA) is 68.0 Å². The summed E-state index contributed by atoms with van der Waals surface area (Å²) in [6, 6.07) is 0.831. The molecular formula is C23H20F7N3O2. The summed E-state index contributed by atoms with van der Waals surface area (Å²) in [6.45, 7) is 6.74. The van der Waals surface area contributed by atoms with Crippen molar-refractivity contribution in [3.05, 3.63) is 64.8 Å². The number of allylic oxidation sites excluding steroid dienone is 3. The van der Waals surface area contributed by atoms with E-state index in [2.05, 4.69) is 21.9 Å². The molecule has 0 atom stereocenters. The molecule has 0 spiro atoms. The number of halogens is 7. The zero-order valence-electron chi connectivity index (χ0n) is 18.9. The molecule has 12 heteroatoms. The van der Waals surface area contributed by atoms with E-state index < -0.39 is 52.2 Å². The van der Waals surface area contributed by atoms with E-state index in [4.69, 9.17) is 0 Å². The van der Waals surface area contributed by atoms with Crippen LogP contribution in [-0.2, 0) is 17.1 Å². The normalized spacial score (nSPS) is 12.9. The molecule has 0 aliphatic carbocycles. The Kier molecular flexibility index (Phi) is 10.0. The maximum absolute atomic E-state index is 13.6. The van der Waals surface area contributed by atoms with Gasteiger partial charge < -0.3 is 5.11 Å². The second-order valence-electron chi connectivity index (χ2n) is 6.30. The number of aliphatic carboxylic acids is 1. The highest BCUT2D eigenvalue weighted by Gasteiger charge is 2.37. The summed E-state index contributed by atoms with van der Waals surface area (Å²) < 4.78 is 92.8. The van der Waals surface area contributed by atoms with E-state index in [0.717, 1.165) is 29.4 Å². The van der Waals surface area contributed by atoms with E-state index in [0.29, 0.717) is 12.1 Å². The van der Waals surface area contributed by atoms with Crippen molar-refractivity contribution >= 4 is 12.2 Å². The SMILES string of the molecule is CC.CC#CC(=C\C(F)=C/C)/C(=C\n1cnc(-c2cc(C(F)(F)F)cc(C(F)(F)F)c2)n1)C(=O)O. The number of hydrogen-bond donors (Lipinski definition) is 1. The molecule has 0 bridgehead atoms. The average Bonchev–Trinajstić information content (AvgIpc) is 3.25. The molecule has 0 radical (unpaired) electrons. The molecule has 188 valence electrons. The molecule has 0 saturated heterocycles. The first kappa shape index (κ1) is 29.2. The average molecular weight is 503 g/mol. The highest BCUT2D eigenvalue weighted by atomic mass is 19.4. The van der Waals surface area contributed by atoms with Crippen molar-refractivity contribution in [1.82, 2.24) is 14.8 Å². The van der Waals surface area contributed by atoms with Crippen LogP contribution in [0.5, 0.6) is 0 Å². The first-order valence-corrected chi connectivity index (χ1v) is 9.89. The first-order valence-electron chi connectivity index (χ1n) is 9.89. The van der Waals surface area contributed by atoms with Crippen LogP contribution in [0.25, 0.3) is 17.6 Å². The number of hydrogen-bond acceptors (Lipinski definition) is 3. The van der Waals surface area contributed by atoms with Crippen LogP contribution in [0.4, 0.5) is 30.7 Å². The lowest BCUT2D eigenvalue weighted by molar-refractivity contribution is -0.143. The van der Waals surface area contributed by atoms with Crippen molar-refractivity contribution in [2.24, 2.45) is 0 Å². The fraction of sp³-hybridized carbons (Fsp3) is 0.261. The molecule has 35 heavy (non-hydrogen) atoms. The Bertz CT molecular complexity index is 1180. The number of carboxylic acids is 1. The molecule has 0 fully saturated rings. The lowest BCUT2D eigenvalue weighted by Crippen LogP contribution is -2.11. The van der Waals surface area contributed by atoms with Gasteiger partial charge in [0, 0.05) is 17.3 Å². The predicted molar refractivity (Wildman–Crippen MR) is 115 cm³/mol. The number of benzene rings is 1. The van der Waals surface area contributed by atoms with Gasteiger partial charge in [0.25, 0.3) is 0 Å². The summed E-state index contributed by atoms with van der Waals surface area (Å²) >= 11 is 0. The Morgan fingerprint density at radius 2 is 1.60 bits per heavy atom. The summed E-state index contributed by atoms with van der Waals surface area (Å²) in [6.07, 6.45) is -6.52. The van der Waals surface area contributed by atoms with Crippen LogP contribution in [0.3, 0.4) is 0 Å². The second kappa shape index (κ2) is 12.0. The van der Waals surface area contributed by atoms with Crippen molar-refractivity contribution < 1.29 is 40.6 Å². The van der Waals surface area contributed by atoms with Gasteiger partial charge >= 0.3 is 18.3 Å². The number of aromatic nitrogens is 3. The molecule has 0 saturated carbocycles. The van der Waals surface area contributed by atoms with Gasteiger partial charge in [0.2, 0.25) is 0 Å². The van der Waals surface area contributed by atoms with Crippen molar-refractivity contribution in [3.8, 4) is 23.2 Å². The lowest BCUT2D eigenvalue weighted by Gasteiger charge is -2.13. The molecule has 0 amide bonds. The zero-order valence-corrected chi connectivity index (χ0v) is 18.9. The summed E-state index contributed by atoms with van der Waals surface area (Å²) in [4.78, 5) is 15.3. The van der Waals surface area contributed by atoms with Gasteiger partial charge in [-0.1, -0.05) is 25.8 Å². The van der Waals surface area contributed by atoms with E-state index >= 15 is 0 Å². The van der Waals surface area contributed by atoms with E-state index in [1.54, 1.807) is 0 Å². The molecule has 2 rings (SSSR count). The molecule has 1 N–H and O–H groups in total. The van der Waals surface area contributed by atoms with E-state index in [-0.39, 0.29) is 11.6 Å². The highest BCUT2D eigenvalue weighted by Crippen LogP contribution is 2.38. The van der Waals surface area contributed by atoms with Gasteiger partial charge in [0.1, 0.15) is 12.2 Å². The molecular weight excluding hydrogens is 483 g/mol. The minimum absolute atomic E-state index is 0.0424. The van der Waals surface area contributed by atoms with Gasteiger partial charge in [0.05, 0.1) is 16.7 Å². The third kappa shape index (κ3) is 8.13. The smallest absolute Gasteiger partial charge is 0.416 e. The minimum atomic E-state index is -5.07. The van der Waals surface area contributed by atoms with Crippen LogP contribution in [0.2, 0.25) is 0 Å². The molecule has 1 aromatic heterocycles. The Labute approximate surface area is 196 Å². The minimum Gasteiger partial charge on any atom is -0.478 e. The van der Waals surface area contributed by atoms with E-state index in [1.165, 1.54) is 13.8 Å². The number of alkyl halides is 6. The van der Waals surface area contributed by atoms with Crippen LogP contribution in [0.1, 0.15) is 38.8 Å². The third-order valence-corrected chi connectivity index (χ3v) is 3.95. The molecule has 1 aromatic carbocycles. The van der Waals surface area contributed by atoms with Crippen LogP contribution < -0.4 is 0 Å². The zero-order chi connectivity index (χ0) is 27.0. The number of carboxylic acid groups (broad SMARTS) is 1. The Balaban J connectivity index is 0.00000298. The quantitative estimate of drug-likeness (QED) is 0.212. The van der Waals surface area contributed by atoms with Crippen molar-refractivity contribution in [1.29, 1.82) is 0 Å². The Hall–Kier alpha value is -3.88.